The largest absolute Gasteiger partial charge is 0.340 e. The summed E-state index contributed by atoms with van der Waals surface area (Å²) in [6.07, 6.45) is 7.86. The molecule has 0 N–H and O–H groups in total. The van der Waals surface area contributed by atoms with Crippen LogP contribution in [0.2, 0.25) is 5.02 Å². The highest BCUT2D eigenvalue weighted by atomic mass is 35.5. The van der Waals surface area contributed by atoms with Gasteiger partial charge in [-0.2, -0.15) is 0 Å². The van der Waals surface area contributed by atoms with Crippen molar-refractivity contribution in [2.24, 2.45) is 0 Å². The highest BCUT2D eigenvalue weighted by molar-refractivity contribution is 6.32. The van der Waals surface area contributed by atoms with Gasteiger partial charge in [0.2, 0.25) is 5.91 Å². The minimum atomic E-state index is -0.415. The Kier molecular flexibility index (Phi) is 5.94. The molecule has 1 aromatic carbocycles. The lowest BCUT2D eigenvalue weighted by Gasteiger charge is -2.50. The molecule has 0 radical (unpaired) electrons. The van der Waals surface area contributed by atoms with E-state index in [1.165, 1.54) is 18.6 Å². The molecule has 26 heavy (non-hydrogen) atoms. The van der Waals surface area contributed by atoms with Gasteiger partial charge in [0.25, 0.3) is 5.69 Å². The molecule has 2 saturated heterocycles. The first-order valence-corrected chi connectivity index (χ1v) is 9.51. The molecule has 0 unspecified atom stereocenters. The summed E-state index contributed by atoms with van der Waals surface area (Å²) in [4.78, 5) is 27.0. The quantitative estimate of drug-likeness (QED) is 0.579. The molecule has 2 bridgehead atoms. The van der Waals surface area contributed by atoms with E-state index in [4.69, 9.17) is 11.6 Å². The van der Waals surface area contributed by atoms with E-state index in [9.17, 15) is 14.9 Å². The van der Waals surface area contributed by atoms with Crippen molar-refractivity contribution in [1.29, 1.82) is 0 Å². The number of hydrogen-bond donors (Lipinski definition) is 0. The molecule has 0 aliphatic carbocycles. The summed E-state index contributed by atoms with van der Waals surface area (Å²) in [5.41, 5.74) is 0.698. The number of piperazine rings is 1. The van der Waals surface area contributed by atoms with Gasteiger partial charge in [-0.3, -0.25) is 19.8 Å². The third-order valence-corrected chi connectivity index (χ3v) is 5.68. The summed E-state index contributed by atoms with van der Waals surface area (Å²) >= 11 is 6.16. The molecule has 0 aromatic heterocycles. The van der Waals surface area contributed by atoms with Gasteiger partial charge >= 0.3 is 0 Å². The predicted molar refractivity (Wildman–Crippen MR) is 102 cm³/mol. The lowest BCUT2D eigenvalue weighted by Crippen LogP contribution is -2.61. The van der Waals surface area contributed by atoms with Crippen LogP contribution in [-0.2, 0) is 4.79 Å². The number of carbonyl (C=O) groups is 1. The fraction of sp³-hybridized carbons (Fsp3) is 0.526. The molecule has 1 aromatic rings. The molecule has 140 valence electrons. The van der Waals surface area contributed by atoms with Crippen molar-refractivity contribution in [3.8, 4) is 0 Å². The Morgan fingerprint density at radius 2 is 2.04 bits per heavy atom. The molecule has 2 atom stereocenters. The first-order valence-electron chi connectivity index (χ1n) is 9.13. The Morgan fingerprint density at radius 1 is 1.35 bits per heavy atom. The Morgan fingerprint density at radius 3 is 2.65 bits per heavy atom. The first kappa shape index (κ1) is 18.9. The summed E-state index contributed by atoms with van der Waals surface area (Å²) in [7, 11) is 0. The number of likely N-dealkylation sites (tertiary alicyclic amines) is 1. The van der Waals surface area contributed by atoms with Crippen LogP contribution in [0.1, 0.15) is 38.2 Å². The molecule has 7 heteroatoms. The van der Waals surface area contributed by atoms with Gasteiger partial charge in [0.1, 0.15) is 0 Å². The summed E-state index contributed by atoms with van der Waals surface area (Å²) in [5.74, 6) is 0.237. The van der Waals surface area contributed by atoms with Gasteiger partial charge in [0.15, 0.2) is 0 Å². The van der Waals surface area contributed by atoms with E-state index in [2.05, 4.69) is 4.90 Å². The van der Waals surface area contributed by atoms with Crippen LogP contribution in [0.4, 0.5) is 5.69 Å². The third-order valence-electron chi connectivity index (χ3n) is 5.33. The third kappa shape index (κ3) is 4.07. The zero-order valence-electron chi connectivity index (χ0n) is 14.9. The maximum absolute atomic E-state index is 12.1. The second-order valence-electron chi connectivity index (χ2n) is 6.95. The molecule has 1 amide bonds. The predicted octanol–water partition coefficient (Wildman–Crippen LogP) is 3.74. The fourth-order valence-electron chi connectivity index (χ4n) is 3.99. The number of fused-ring (bicyclic) bond motifs is 2. The first-order chi connectivity index (χ1) is 12.5. The molecule has 2 aliphatic heterocycles. The van der Waals surface area contributed by atoms with Gasteiger partial charge in [0, 0.05) is 55.3 Å². The molecular weight excluding hydrogens is 354 g/mol. The lowest BCUT2D eigenvalue weighted by atomic mass is 9.91. The molecule has 0 saturated carbocycles. The van der Waals surface area contributed by atoms with E-state index >= 15 is 0 Å². The Balaban J connectivity index is 1.68. The van der Waals surface area contributed by atoms with Crippen molar-refractivity contribution in [1.82, 2.24) is 9.80 Å². The van der Waals surface area contributed by atoms with Crippen LogP contribution in [0.25, 0.3) is 6.08 Å². The fourth-order valence-corrected chi connectivity index (χ4v) is 4.17. The number of nitro benzene ring substituents is 1. The van der Waals surface area contributed by atoms with Crippen molar-refractivity contribution in [3.05, 3.63) is 45.0 Å². The maximum atomic E-state index is 12.1. The minimum Gasteiger partial charge on any atom is -0.340 e. The topological polar surface area (TPSA) is 66.7 Å². The summed E-state index contributed by atoms with van der Waals surface area (Å²) in [6.45, 7) is 4.28. The summed E-state index contributed by atoms with van der Waals surface area (Å²) in [5, 5.41) is 11.4. The zero-order valence-corrected chi connectivity index (χ0v) is 15.7. The smallest absolute Gasteiger partial charge is 0.270 e. The molecule has 6 nitrogen and oxygen atoms in total. The van der Waals surface area contributed by atoms with E-state index in [-0.39, 0.29) is 11.6 Å². The molecular formula is C19H24ClN3O3. The molecule has 0 spiro atoms. The molecule has 3 rings (SSSR count). The van der Waals surface area contributed by atoms with Crippen molar-refractivity contribution in [2.75, 3.05) is 19.6 Å². The van der Waals surface area contributed by atoms with E-state index in [0.717, 1.165) is 32.5 Å². The van der Waals surface area contributed by atoms with E-state index in [1.54, 1.807) is 6.07 Å². The van der Waals surface area contributed by atoms with Crippen LogP contribution in [-0.4, -0.2) is 52.3 Å². The lowest BCUT2D eigenvalue weighted by molar-refractivity contribution is -0.384. The van der Waals surface area contributed by atoms with Crippen LogP contribution in [0.5, 0.6) is 0 Å². The highest BCUT2D eigenvalue weighted by Gasteiger charge is 2.37. The average molecular weight is 378 g/mol. The van der Waals surface area contributed by atoms with Gasteiger partial charge in [-0.15, -0.1) is 0 Å². The zero-order chi connectivity index (χ0) is 18.7. The number of piperidine rings is 1. The van der Waals surface area contributed by atoms with Crippen LogP contribution >= 0.6 is 11.6 Å². The molecule has 2 aliphatic rings. The van der Waals surface area contributed by atoms with E-state index < -0.39 is 4.92 Å². The van der Waals surface area contributed by atoms with Crippen molar-refractivity contribution in [2.45, 2.75) is 44.7 Å². The van der Waals surface area contributed by atoms with E-state index in [0.29, 0.717) is 29.1 Å². The summed E-state index contributed by atoms with van der Waals surface area (Å²) in [6, 6.07) is 5.25. The van der Waals surface area contributed by atoms with Gasteiger partial charge < -0.3 is 4.90 Å². The number of rotatable bonds is 5. The van der Waals surface area contributed by atoms with Gasteiger partial charge in [-0.25, -0.2) is 0 Å². The van der Waals surface area contributed by atoms with Gasteiger partial charge in [-0.1, -0.05) is 37.1 Å². The molecule has 2 heterocycles. The Hall–Kier alpha value is -1.92. The molecule has 2 fully saturated rings. The van der Waals surface area contributed by atoms with Gasteiger partial charge in [0.05, 0.1) is 4.92 Å². The SMILES string of the molecule is CCC(=O)N1C[C@H]2CCC[C@@H](C1)N2C/C=C/c1cc([N+](=O)[O-])ccc1Cl. The number of benzene rings is 1. The number of nitrogens with zero attached hydrogens (tertiary/aromatic N) is 3. The number of amides is 1. The second-order valence-corrected chi connectivity index (χ2v) is 7.36. The Bertz CT molecular complexity index is 708. The number of halogens is 1. The maximum Gasteiger partial charge on any atom is 0.270 e. The second kappa shape index (κ2) is 8.18. The average Bonchev–Trinajstić information content (AvgIpc) is 2.61. The number of carbonyl (C=O) groups excluding carboxylic acids is 1. The van der Waals surface area contributed by atoms with Crippen molar-refractivity contribution in [3.63, 3.8) is 0 Å². The number of non-ortho nitro benzene ring substituents is 1. The van der Waals surface area contributed by atoms with Crippen molar-refractivity contribution < 1.29 is 9.72 Å². The van der Waals surface area contributed by atoms with Crippen LogP contribution in [0.15, 0.2) is 24.3 Å². The standard InChI is InChI=1S/C19H24ClN3O3/c1-2-19(24)21-12-16-6-3-7-17(13-21)22(16)10-4-5-14-11-15(23(25)26)8-9-18(14)20/h4-5,8-9,11,16-17H,2-3,6-7,10,12-13H2,1H3/b5-4+/t16-,17+. The number of nitro groups is 1. The van der Waals surface area contributed by atoms with Crippen LogP contribution < -0.4 is 0 Å². The highest BCUT2D eigenvalue weighted by Crippen LogP contribution is 2.29. The van der Waals surface area contributed by atoms with Crippen LogP contribution in [0, 0.1) is 10.1 Å². The van der Waals surface area contributed by atoms with Crippen LogP contribution in [0.3, 0.4) is 0 Å². The van der Waals surface area contributed by atoms with Gasteiger partial charge in [-0.05, 0) is 24.5 Å². The Labute approximate surface area is 158 Å². The normalized spacial score (nSPS) is 23.4. The van der Waals surface area contributed by atoms with E-state index in [1.807, 2.05) is 24.0 Å². The monoisotopic (exact) mass is 377 g/mol. The van der Waals surface area contributed by atoms with Crippen molar-refractivity contribution >= 4 is 29.3 Å². The summed E-state index contributed by atoms with van der Waals surface area (Å²) < 4.78 is 0. The minimum absolute atomic E-state index is 0.0395. The number of hydrogen-bond acceptors (Lipinski definition) is 4.